The molecule has 0 amide bonds. The Kier molecular flexibility index (Phi) is 4.74. The van der Waals surface area contributed by atoms with Crippen LogP contribution in [0.15, 0.2) is 50.6 Å². The summed E-state index contributed by atoms with van der Waals surface area (Å²) in [5.41, 5.74) is 1.01. The number of aromatic nitrogens is 1. The van der Waals surface area contributed by atoms with Crippen molar-refractivity contribution in [1.82, 2.24) is 4.98 Å². The van der Waals surface area contributed by atoms with Gasteiger partial charge < -0.3 is 14.5 Å². The Morgan fingerprint density at radius 1 is 1.22 bits per heavy atom. The molecular formula is C16H11ClINO3S. The summed E-state index contributed by atoms with van der Waals surface area (Å²) in [6.07, 6.45) is 0.193. The lowest BCUT2D eigenvalue weighted by molar-refractivity contribution is 0.457. The minimum absolute atomic E-state index is 0.104. The van der Waals surface area contributed by atoms with Gasteiger partial charge in [-0.25, -0.2) is 0 Å². The van der Waals surface area contributed by atoms with Crippen molar-refractivity contribution in [2.75, 3.05) is 0 Å². The molecule has 3 rings (SSSR count). The summed E-state index contributed by atoms with van der Waals surface area (Å²) < 4.78 is 6.19. The quantitative estimate of drug-likeness (QED) is 0.400. The Labute approximate surface area is 156 Å². The summed E-state index contributed by atoms with van der Waals surface area (Å²) in [5, 5.41) is 11.5. The number of hydrogen-bond donors (Lipinski definition) is 3. The molecule has 1 aromatic carbocycles. The van der Waals surface area contributed by atoms with Crippen LogP contribution in [0.25, 0.3) is 11.1 Å². The van der Waals surface area contributed by atoms with Gasteiger partial charge in [-0.1, -0.05) is 23.7 Å². The van der Waals surface area contributed by atoms with Crippen LogP contribution in [-0.2, 0) is 6.42 Å². The molecule has 0 atom stereocenters. The molecule has 0 aliphatic carbocycles. The lowest BCUT2D eigenvalue weighted by Gasteiger charge is -2.11. The molecule has 0 aliphatic heterocycles. The van der Waals surface area contributed by atoms with Crippen molar-refractivity contribution in [2.45, 2.75) is 11.4 Å². The van der Waals surface area contributed by atoms with E-state index < -0.39 is 5.56 Å². The molecule has 0 spiro atoms. The average molecular weight is 460 g/mol. The van der Waals surface area contributed by atoms with Gasteiger partial charge in [0.2, 0.25) is 0 Å². The minimum Gasteiger partial charge on any atom is -0.507 e. The second-order valence-corrected chi connectivity index (χ2v) is 6.84. The summed E-state index contributed by atoms with van der Waals surface area (Å²) in [7, 11) is 0. The van der Waals surface area contributed by atoms with Crippen LogP contribution in [0.4, 0.5) is 0 Å². The predicted octanol–water partition coefficient (Wildman–Crippen LogP) is 4.48. The molecule has 2 heterocycles. The van der Waals surface area contributed by atoms with Crippen LogP contribution in [0, 0.1) is 3.77 Å². The van der Waals surface area contributed by atoms with E-state index in [-0.39, 0.29) is 17.7 Å². The summed E-state index contributed by atoms with van der Waals surface area (Å²) >= 11 is 12.2. The largest absolute Gasteiger partial charge is 0.507 e. The van der Waals surface area contributed by atoms with Crippen molar-refractivity contribution in [2.24, 2.45) is 0 Å². The molecule has 0 aliphatic rings. The molecule has 0 unspecified atom stereocenters. The van der Waals surface area contributed by atoms with Gasteiger partial charge in [0.25, 0.3) is 5.56 Å². The maximum atomic E-state index is 12.2. The summed E-state index contributed by atoms with van der Waals surface area (Å²) in [4.78, 5) is 14.8. The standard InChI is InChI=1S/C16H11ClINO3S/c17-9-3-1-8(2-4-9)13-14(20)11(15(21)19-16(13)23)7-10-5-6-12(18)22-10/h1-6H,7H2,(H3,19,20,21,23). The molecule has 3 aromatic rings. The third-order valence-corrected chi connectivity index (χ3v) is 4.55. The summed E-state index contributed by atoms with van der Waals surface area (Å²) in [6.45, 7) is 0. The first-order chi connectivity index (χ1) is 11.0. The zero-order chi connectivity index (χ0) is 16.6. The second-order valence-electron chi connectivity index (χ2n) is 4.89. The molecule has 7 heteroatoms. The van der Waals surface area contributed by atoms with Crippen molar-refractivity contribution in [1.29, 1.82) is 0 Å². The second kappa shape index (κ2) is 6.62. The normalized spacial score (nSPS) is 10.9. The lowest BCUT2D eigenvalue weighted by Crippen LogP contribution is -2.14. The first-order valence-electron chi connectivity index (χ1n) is 6.63. The van der Waals surface area contributed by atoms with Crippen LogP contribution in [-0.4, -0.2) is 10.1 Å². The topological polar surface area (TPSA) is 66.2 Å². The van der Waals surface area contributed by atoms with Gasteiger partial charge in [0, 0.05) is 11.4 Å². The zero-order valence-corrected chi connectivity index (χ0v) is 15.4. The number of nitrogens with one attached hydrogen (secondary N) is 1. The van der Waals surface area contributed by atoms with Crippen LogP contribution >= 0.6 is 46.8 Å². The number of furan rings is 1. The molecule has 118 valence electrons. The molecule has 2 aromatic heterocycles. The Morgan fingerprint density at radius 2 is 1.91 bits per heavy atom. The number of aromatic amines is 1. The number of benzene rings is 1. The van der Waals surface area contributed by atoms with Crippen molar-refractivity contribution >= 4 is 46.8 Å². The molecule has 23 heavy (non-hydrogen) atoms. The monoisotopic (exact) mass is 459 g/mol. The molecule has 2 N–H and O–H groups in total. The smallest absolute Gasteiger partial charge is 0.256 e. The van der Waals surface area contributed by atoms with E-state index in [1.54, 1.807) is 36.4 Å². The van der Waals surface area contributed by atoms with Crippen molar-refractivity contribution < 1.29 is 9.52 Å². The Hall–Kier alpha value is -1.38. The number of hydrogen-bond acceptors (Lipinski definition) is 4. The average Bonchev–Trinajstić information content (AvgIpc) is 2.91. The van der Waals surface area contributed by atoms with Gasteiger partial charge in [-0.05, 0) is 52.4 Å². The molecule has 0 radical (unpaired) electrons. The van der Waals surface area contributed by atoms with Crippen molar-refractivity contribution in [3.63, 3.8) is 0 Å². The van der Waals surface area contributed by atoms with E-state index in [0.29, 0.717) is 26.9 Å². The Balaban J connectivity index is 2.12. The number of rotatable bonds is 3. The number of aromatic hydroxyl groups is 1. The van der Waals surface area contributed by atoms with E-state index in [9.17, 15) is 9.90 Å². The van der Waals surface area contributed by atoms with E-state index >= 15 is 0 Å². The van der Waals surface area contributed by atoms with Gasteiger partial charge >= 0.3 is 0 Å². The van der Waals surface area contributed by atoms with Crippen molar-refractivity contribution in [3.8, 4) is 16.9 Å². The molecule has 0 saturated carbocycles. The highest BCUT2D eigenvalue weighted by atomic mass is 127. The maximum absolute atomic E-state index is 12.2. The van der Waals surface area contributed by atoms with Crippen LogP contribution in [0.1, 0.15) is 11.3 Å². The van der Waals surface area contributed by atoms with Gasteiger partial charge in [0.1, 0.15) is 11.5 Å². The highest BCUT2D eigenvalue weighted by Gasteiger charge is 2.18. The van der Waals surface area contributed by atoms with Gasteiger partial charge in [-0.2, -0.15) is 0 Å². The fourth-order valence-corrected chi connectivity index (χ4v) is 3.22. The van der Waals surface area contributed by atoms with Gasteiger partial charge in [0.05, 0.1) is 16.2 Å². The fraction of sp³-hybridized carbons (Fsp3) is 0.0625. The third-order valence-electron chi connectivity index (χ3n) is 3.38. The Morgan fingerprint density at radius 3 is 2.52 bits per heavy atom. The molecule has 0 saturated heterocycles. The first-order valence-corrected chi connectivity index (χ1v) is 8.53. The van der Waals surface area contributed by atoms with E-state index in [1.165, 1.54) is 0 Å². The molecular weight excluding hydrogens is 449 g/mol. The highest BCUT2D eigenvalue weighted by molar-refractivity contribution is 14.1. The van der Waals surface area contributed by atoms with Crippen LogP contribution < -0.4 is 5.56 Å². The van der Waals surface area contributed by atoms with Gasteiger partial charge in [-0.15, -0.1) is 12.6 Å². The van der Waals surface area contributed by atoms with Crippen molar-refractivity contribution in [3.05, 3.63) is 66.9 Å². The molecule has 0 bridgehead atoms. The van der Waals surface area contributed by atoms with E-state index in [1.807, 2.05) is 22.6 Å². The Bertz CT molecular complexity index is 918. The lowest BCUT2D eigenvalue weighted by atomic mass is 10.0. The maximum Gasteiger partial charge on any atom is 0.256 e. The van der Waals surface area contributed by atoms with Crippen LogP contribution in [0.5, 0.6) is 5.75 Å². The summed E-state index contributed by atoms with van der Waals surface area (Å²) in [6, 6.07) is 10.5. The number of H-pyrrole nitrogens is 1. The van der Waals surface area contributed by atoms with E-state index in [2.05, 4.69) is 17.6 Å². The first kappa shape index (κ1) is 16.5. The molecule has 4 nitrogen and oxygen atoms in total. The number of halogens is 2. The van der Waals surface area contributed by atoms with E-state index in [4.69, 9.17) is 16.0 Å². The zero-order valence-electron chi connectivity index (χ0n) is 11.6. The van der Waals surface area contributed by atoms with Crippen LogP contribution in [0.2, 0.25) is 5.02 Å². The highest BCUT2D eigenvalue weighted by Crippen LogP contribution is 2.36. The van der Waals surface area contributed by atoms with Gasteiger partial charge in [-0.3, -0.25) is 4.79 Å². The molecule has 0 fully saturated rings. The van der Waals surface area contributed by atoms with E-state index in [0.717, 1.165) is 3.77 Å². The minimum atomic E-state index is -0.392. The summed E-state index contributed by atoms with van der Waals surface area (Å²) in [5.74, 6) is 0.497. The fourth-order valence-electron chi connectivity index (χ4n) is 2.29. The number of pyridine rings is 1. The third kappa shape index (κ3) is 3.44. The predicted molar refractivity (Wildman–Crippen MR) is 101 cm³/mol. The number of thiol groups is 1. The van der Waals surface area contributed by atoms with Gasteiger partial charge in [0.15, 0.2) is 3.77 Å². The van der Waals surface area contributed by atoms with Crippen LogP contribution in [0.3, 0.4) is 0 Å². The SMILES string of the molecule is O=c1[nH]c(S)c(-c2ccc(Cl)cc2)c(O)c1Cc1ccc(I)o1.